The molecule has 1 heterocycles. The van der Waals surface area contributed by atoms with Gasteiger partial charge in [0.25, 0.3) is 0 Å². The molecule has 0 bridgehead atoms. The number of pyridine rings is 1. The van der Waals surface area contributed by atoms with E-state index >= 15 is 0 Å². The summed E-state index contributed by atoms with van der Waals surface area (Å²) < 4.78 is 13.4. The number of anilines is 1. The molecule has 20 heavy (non-hydrogen) atoms. The van der Waals surface area contributed by atoms with Crippen LogP contribution < -0.4 is 5.32 Å². The number of nitrogens with zero attached hydrogens (tertiary/aromatic N) is 1. The number of aromatic nitrogens is 1. The number of halogens is 2. The minimum absolute atomic E-state index is 0.130. The van der Waals surface area contributed by atoms with Crippen LogP contribution in [0.5, 0.6) is 0 Å². The molecule has 1 N–H and O–H groups in total. The van der Waals surface area contributed by atoms with Gasteiger partial charge in [-0.25, -0.2) is 4.39 Å². The fourth-order valence-corrected chi connectivity index (χ4v) is 2.23. The van der Waals surface area contributed by atoms with Crippen molar-refractivity contribution in [3.8, 4) is 0 Å². The molecule has 0 unspecified atom stereocenters. The van der Waals surface area contributed by atoms with Crippen molar-refractivity contribution in [3.63, 3.8) is 0 Å². The maximum absolute atomic E-state index is 13.4. The number of benzene rings is 2. The van der Waals surface area contributed by atoms with Gasteiger partial charge in [0.1, 0.15) is 5.82 Å². The lowest BCUT2D eigenvalue weighted by Gasteiger charge is -2.09. The molecular formula is C16H12ClFN2. The van der Waals surface area contributed by atoms with Gasteiger partial charge in [0.2, 0.25) is 0 Å². The Hall–Kier alpha value is -2.13. The highest BCUT2D eigenvalue weighted by molar-refractivity contribution is 6.30. The second kappa shape index (κ2) is 5.47. The van der Waals surface area contributed by atoms with Gasteiger partial charge in [-0.05, 0) is 35.9 Å². The molecule has 0 aliphatic rings. The van der Waals surface area contributed by atoms with E-state index in [4.69, 9.17) is 11.6 Å². The zero-order chi connectivity index (χ0) is 13.9. The van der Waals surface area contributed by atoms with Gasteiger partial charge in [0, 0.05) is 23.8 Å². The lowest BCUT2D eigenvalue weighted by Crippen LogP contribution is -2.01. The summed E-state index contributed by atoms with van der Waals surface area (Å²) in [6.45, 7) is 0.601. The first-order valence-corrected chi connectivity index (χ1v) is 6.63. The summed E-state index contributed by atoms with van der Waals surface area (Å²) in [7, 11) is 0. The van der Waals surface area contributed by atoms with Gasteiger partial charge in [0.05, 0.1) is 10.5 Å². The predicted octanol–water partition coefficient (Wildman–Crippen LogP) is 4.64. The van der Waals surface area contributed by atoms with Gasteiger partial charge in [-0.15, -0.1) is 0 Å². The van der Waals surface area contributed by atoms with Gasteiger partial charge >= 0.3 is 0 Å². The number of rotatable bonds is 3. The summed E-state index contributed by atoms with van der Waals surface area (Å²) >= 11 is 5.66. The van der Waals surface area contributed by atoms with Gasteiger partial charge in [-0.2, -0.15) is 0 Å². The van der Waals surface area contributed by atoms with E-state index < -0.39 is 5.82 Å². The van der Waals surface area contributed by atoms with Crippen LogP contribution in [-0.2, 0) is 6.54 Å². The van der Waals surface area contributed by atoms with Crippen molar-refractivity contribution in [2.75, 3.05) is 5.32 Å². The van der Waals surface area contributed by atoms with E-state index in [1.165, 1.54) is 6.07 Å². The number of nitrogens with one attached hydrogen (secondary N) is 1. The van der Waals surface area contributed by atoms with Crippen molar-refractivity contribution in [1.29, 1.82) is 0 Å². The normalized spacial score (nSPS) is 10.7. The van der Waals surface area contributed by atoms with Crippen molar-refractivity contribution >= 4 is 28.2 Å². The molecule has 1 aromatic heterocycles. The highest BCUT2D eigenvalue weighted by atomic mass is 35.5. The summed E-state index contributed by atoms with van der Waals surface area (Å²) in [6, 6.07) is 14.6. The van der Waals surface area contributed by atoms with E-state index in [2.05, 4.69) is 10.3 Å². The molecule has 3 rings (SSSR count). The Morgan fingerprint density at radius 2 is 1.95 bits per heavy atom. The second-order valence-electron chi connectivity index (χ2n) is 4.47. The Labute approximate surface area is 121 Å². The first-order chi connectivity index (χ1) is 9.74. The highest BCUT2D eigenvalue weighted by Crippen LogP contribution is 2.21. The monoisotopic (exact) mass is 286 g/mol. The number of hydrogen-bond acceptors (Lipinski definition) is 2. The largest absolute Gasteiger partial charge is 0.381 e. The van der Waals surface area contributed by atoms with Crippen LogP contribution >= 0.6 is 11.6 Å². The summed E-state index contributed by atoms with van der Waals surface area (Å²) in [4.78, 5) is 4.32. The SMILES string of the molecule is Fc1cc(NCc2ccnc3ccccc23)ccc1Cl. The predicted molar refractivity (Wildman–Crippen MR) is 80.5 cm³/mol. The zero-order valence-corrected chi connectivity index (χ0v) is 11.4. The van der Waals surface area contributed by atoms with E-state index in [0.29, 0.717) is 12.2 Å². The third-order valence-electron chi connectivity index (χ3n) is 3.14. The Kier molecular flexibility index (Phi) is 3.52. The zero-order valence-electron chi connectivity index (χ0n) is 10.6. The van der Waals surface area contributed by atoms with E-state index in [9.17, 15) is 4.39 Å². The lowest BCUT2D eigenvalue weighted by molar-refractivity contribution is 0.628. The maximum Gasteiger partial charge on any atom is 0.143 e. The third kappa shape index (κ3) is 2.58. The van der Waals surface area contributed by atoms with Crippen LogP contribution in [0.25, 0.3) is 10.9 Å². The number of para-hydroxylation sites is 1. The van der Waals surface area contributed by atoms with Crippen molar-refractivity contribution in [3.05, 3.63) is 71.1 Å². The first-order valence-electron chi connectivity index (χ1n) is 6.25. The van der Waals surface area contributed by atoms with Crippen molar-refractivity contribution < 1.29 is 4.39 Å². The van der Waals surface area contributed by atoms with E-state index in [1.807, 2.05) is 30.3 Å². The maximum atomic E-state index is 13.4. The standard InChI is InChI=1S/C16H12ClFN2/c17-14-6-5-12(9-15(14)18)20-10-11-7-8-19-16-4-2-1-3-13(11)16/h1-9,20H,10H2. The van der Waals surface area contributed by atoms with Crippen LogP contribution in [0.4, 0.5) is 10.1 Å². The molecule has 4 heteroatoms. The quantitative estimate of drug-likeness (QED) is 0.759. The van der Waals surface area contributed by atoms with Crippen LogP contribution in [0.15, 0.2) is 54.7 Å². The van der Waals surface area contributed by atoms with E-state index in [1.54, 1.807) is 18.3 Å². The van der Waals surface area contributed by atoms with Crippen LogP contribution in [0.1, 0.15) is 5.56 Å². The summed E-state index contributed by atoms with van der Waals surface area (Å²) in [5.41, 5.74) is 2.77. The second-order valence-corrected chi connectivity index (χ2v) is 4.88. The fraction of sp³-hybridized carbons (Fsp3) is 0.0625. The highest BCUT2D eigenvalue weighted by Gasteiger charge is 2.03. The van der Waals surface area contributed by atoms with Crippen LogP contribution in [0, 0.1) is 5.82 Å². The Balaban J connectivity index is 1.85. The Morgan fingerprint density at radius 1 is 1.10 bits per heavy atom. The molecule has 0 atom stereocenters. The van der Waals surface area contributed by atoms with Crippen LogP contribution in [0.3, 0.4) is 0 Å². The van der Waals surface area contributed by atoms with Gasteiger partial charge < -0.3 is 5.32 Å². The molecule has 0 radical (unpaired) electrons. The molecule has 2 aromatic carbocycles. The molecule has 0 aliphatic carbocycles. The smallest absolute Gasteiger partial charge is 0.143 e. The number of hydrogen-bond donors (Lipinski definition) is 1. The molecule has 0 spiro atoms. The van der Waals surface area contributed by atoms with Crippen molar-refractivity contribution in [1.82, 2.24) is 4.98 Å². The first kappa shape index (κ1) is 12.9. The fourth-order valence-electron chi connectivity index (χ4n) is 2.11. The van der Waals surface area contributed by atoms with E-state index in [-0.39, 0.29) is 5.02 Å². The molecule has 0 aliphatic heterocycles. The summed E-state index contributed by atoms with van der Waals surface area (Å²) in [6.07, 6.45) is 1.78. The molecular weight excluding hydrogens is 275 g/mol. The van der Waals surface area contributed by atoms with Crippen molar-refractivity contribution in [2.24, 2.45) is 0 Å². The van der Waals surface area contributed by atoms with Crippen LogP contribution in [0.2, 0.25) is 5.02 Å². The summed E-state index contributed by atoms with van der Waals surface area (Å²) in [5.74, 6) is -0.420. The van der Waals surface area contributed by atoms with Crippen LogP contribution in [-0.4, -0.2) is 4.98 Å². The van der Waals surface area contributed by atoms with Gasteiger partial charge in [-0.3, -0.25) is 4.98 Å². The van der Waals surface area contributed by atoms with Gasteiger partial charge in [0.15, 0.2) is 0 Å². The molecule has 0 amide bonds. The molecule has 0 fully saturated rings. The lowest BCUT2D eigenvalue weighted by atomic mass is 10.1. The molecule has 0 saturated carbocycles. The molecule has 100 valence electrons. The molecule has 2 nitrogen and oxygen atoms in total. The van der Waals surface area contributed by atoms with Crippen molar-refractivity contribution in [2.45, 2.75) is 6.54 Å². The summed E-state index contributed by atoms with van der Waals surface area (Å²) in [5, 5.41) is 4.42. The van der Waals surface area contributed by atoms with Gasteiger partial charge in [-0.1, -0.05) is 29.8 Å². The Bertz CT molecular complexity index is 753. The minimum atomic E-state index is -0.420. The average molecular weight is 287 g/mol. The Morgan fingerprint density at radius 3 is 2.80 bits per heavy atom. The topological polar surface area (TPSA) is 24.9 Å². The molecule has 0 saturated heterocycles. The average Bonchev–Trinajstić information content (AvgIpc) is 2.48. The molecule has 3 aromatic rings. The number of fused-ring (bicyclic) bond motifs is 1. The minimum Gasteiger partial charge on any atom is -0.381 e. The third-order valence-corrected chi connectivity index (χ3v) is 3.45. The van der Waals surface area contributed by atoms with E-state index in [0.717, 1.165) is 16.5 Å².